The number of nitrogens with one attached hydrogen (secondary N) is 1. The van der Waals surface area contributed by atoms with Gasteiger partial charge in [0, 0.05) is 31.5 Å². The minimum absolute atomic E-state index is 0.530. The van der Waals surface area contributed by atoms with Gasteiger partial charge in [-0.3, -0.25) is 0 Å². The molecule has 19 heavy (non-hydrogen) atoms. The van der Waals surface area contributed by atoms with Crippen LogP contribution in [0.25, 0.3) is 10.1 Å². The highest BCUT2D eigenvalue weighted by atomic mass is 32.1. The van der Waals surface area contributed by atoms with E-state index in [2.05, 4.69) is 35.0 Å². The van der Waals surface area contributed by atoms with E-state index in [-0.39, 0.29) is 0 Å². The van der Waals surface area contributed by atoms with Gasteiger partial charge < -0.3 is 10.1 Å². The van der Waals surface area contributed by atoms with E-state index < -0.39 is 0 Å². The zero-order valence-corrected chi connectivity index (χ0v) is 12.3. The average molecular weight is 275 g/mol. The summed E-state index contributed by atoms with van der Waals surface area (Å²) in [5.41, 5.74) is 1.96. The fourth-order valence-electron chi connectivity index (χ4n) is 2.64. The summed E-state index contributed by atoms with van der Waals surface area (Å²) in [6.45, 7) is 3.00. The number of methoxy groups -OCH3 is 1. The van der Waals surface area contributed by atoms with Crippen molar-refractivity contribution in [2.24, 2.45) is 5.41 Å². The Labute approximate surface area is 118 Å². The molecule has 0 atom stereocenters. The van der Waals surface area contributed by atoms with Crippen LogP contribution in [-0.2, 0) is 11.3 Å². The number of rotatable bonds is 7. The Morgan fingerprint density at radius 1 is 1.32 bits per heavy atom. The van der Waals surface area contributed by atoms with Gasteiger partial charge in [-0.25, -0.2) is 0 Å². The summed E-state index contributed by atoms with van der Waals surface area (Å²) in [5, 5.41) is 7.33. The lowest BCUT2D eigenvalue weighted by Gasteiger charge is -2.15. The van der Waals surface area contributed by atoms with Crippen molar-refractivity contribution in [1.82, 2.24) is 5.32 Å². The molecule has 0 bridgehead atoms. The number of thiophene rings is 1. The van der Waals surface area contributed by atoms with Gasteiger partial charge in [0.25, 0.3) is 0 Å². The highest BCUT2D eigenvalue weighted by molar-refractivity contribution is 7.17. The molecule has 1 heterocycles. The van der Waals surface area contributed by atoms with E-state index in [1.807, 2.05) is 11.3 Å². The van der Waals surface area contributed by atoms with Gasteiger partial charge in [0.05, 0.1) is 0 Å². The van der Waals surface area contributed by atoms with Crippen molar-refractivity contribution in [3.63, 3.8) is 0 Å². The lowest BCUT2D eigenvalue weighted by Crippen LogP contribution is -2.24. The maximum atomic E-state index is 5.20. The van der Waals surface area contributed by atoms with E-state index in [9.17, 15) is 0 Å². The molecule has 1 aliphatic carbocycles. The number of hydrogen-bond acceptors (Lipinski definition) is 3. The smallest absolute Gasteiger partial charge is 0.0468 e. The Hall–Kier alpha value is -0.900. The molecule has 3 rings (SSSR count). The van der Waals surface area contributed by atoms with Gasteiger partial charge in [-0.1, -0.05) is 18.2 Å². The quantitative estimate of drug-likeness (QED) is 0.829. The van der Waals surface area contributed by atoms with Gasteiger partial charge in [-0.05, 0) is 47.1 Å². The molecule has 0 spiro atoms. The normalized spacial score (nSPS) is 16.9. The van der Waals surface area contributed by atoms with E-state index in [0.717, 1.165) is 19.7 Å². The second-order valence-electron chi connectivity index (χ2n) is 5.60. The van der Waals surface area contributed by atoms with Crippen LogP contribution < -0.4 is 5.32 Å². The Kier molecular flexibility index (Phi) is 3.87. The molecule has 1 N–H and O–H groups in total. The topological polar surface area (TPSA) is 21.3 Å². The minimum atomic E-state index is 0.530. The largest absolute Gasteiger partial charge is 0.385 e. The number of benzene rings is 1. The molecule has 0 saturated heterocycles. The summed E-state index contributed by atoms with van der Waals surface area (Å²) < 4.78 is 6.59. The summed E-state index contributed by atoms with van der Waals surface area (Å²) in [4.78, 5) is 0. The van der Waals surface area contributed by atoms with Gasteiger partial charge in [0.15, 0.2) is 0 Å². The molecule has 1 saturated carbocycles. The highest BCUT2D eigenvalue weighted by Gasteiger charge is 2.41. The third-order valence-electron chi connectivity index (χ3n) is 4.17. The van der Waals surface area contributed by atoms with Crippen molar-refractivity contribution < 1.29 is 4.74 Å². The minimum Gasteiger partial charge on any atom is -0.385 e. The molecule has 102 valence electrons. The van der Waals surface area contributed by atoms with Crippen LogP contribution >= 0.6 is 11.3 Å². The third kappa shape index (κ3) is 2.99. The molecule has 0 aliphatic heterocycles. The highest BCUT2D eigenvalue weighted by Crippen LogP contribution is 2.48. The number of hydrogen-bond donors (Lipinski definition) is 1. The summed E-state index contributed by atoms with van der Waals surface area (Å²) in [6.07, 6.45) is 3.91. The Morgan fingerprint density at radius 2 is 2.16 bits per heavy atom. The SMILES string of the molecule is COCCC1(CNCc2csc3ccccc23)CC1. The summed E-state index contributed by atoms with van der Waals surface area (Å²) in [7, 11) is 1.79. The lowest BCUT2D eigenvalue weighted by molar-refractivity contribution is 0.171. The van der Waals surface area contributed by atoms with Crippen molar-refractivity contribution in [1.29, 1.82) is 0 Å². The van der Waals surface area contributed by atoms with Gasteiger partial charge in [0.1, 0.15) is 0 Å². The first-order valence-electron chi connectivity index (χ1n) is 6.98. The van der Waals surface area contributed by atoms with Crippen molar-refractivity contribution in [2.75, 3.05) is 20.3 Å². The van der Waals surface area contributed by atoms with Crippen LogP contribution in [0.3, 0.4) is 0 Å². The maximum absolute atomic E-state index is 5.20. The molecule has 1 fully saturated rings. The van der Waals surface area contributed by atoms with E-state index in [1.165, 1.54) is 34.9 Å². The zero-order chi connectivity index (χ0) is 13.1. The second kappa shape index (κ2) is 5.61. The molecule has 1 aliphatic rings. The van der Waals surface area contributed by atoms with Gasteiger partial charge in [-0.2, -0.15) is 0 Å². The first kappa shape index (κ1) is 13.1. The summed E-state index contributed by atoms with van der Waals surface area (Å²) in [6, 6.07) is 8.66. The van der Waals surface area contributed by atoms with Crippen LogP contribution in [0.4, 0.5) is 0 Å². The standard InChI is InChI=1S/C16H21NOS/c1-18-9-8-16(6-7-16)12-17-10-13-11-19-15-5-3-2-4-14(13)15/h2-5,11,17H,6-10,12H2,1H3. The first-order chi connectivity index (χ1) is 9.33. The molecular formula is C16H21NOS. The first-order valence-corrected chi connectivity index (χ1v) is 7.86. The van der Waals surface area contributed by atoms with Gasteiger partial charge in [0.2, 0.25) is 0 Å². The Balaban J connectivity index is 1.55. The lowest BCUT2D eigenvalue weighted by atomic mass is 10.0. The van der Waals surface area contributed by atoms with E-state index >= 15 is 0 Å². The molecule has 0 unspecified atom stereocenters. The number of ether oxygens (including phenoxy) is 1. The van der Waals surface area contributed by atoms with Crippen LogP contribution in [-0.4, -0.2) is 20.3 Å². The molecule has 3 heteroatoms. The Morgan fingerprint density at radius 3 is 2.95 bits per heavy atom. The Bertz CT molecular complexity index is 544. The van der Waals surface area contributed by atoms with Crippen molar-refractivity contribution in [3.8, 4) is 0 Å². The maximum Gasteiger partial charge on any atom is 0.0468 e. The predicted molar refractivity (Wildman–Crippen MR) is 81.7 cm³/mol. The van der Waals surface area contributed by atoms with Gasteiger partial charge >= 0.3 is 0 Å². The monoisotopic (exact) mass is 275 g/mol. The van der Waals surface area contributed by atoms with Crippen LogP contribution in [0.2, 0.25) is 0 Å². The fourth-order valence-corrected chi connectivity index (χ4v) is 3.61. The van der Waals surface area contributed by atoms with Crippen LogP contribution in [0, 0.1) is 5.41 Å². The van der Waals surface area contributed by atoms with Crippen LogP contribution in [0.5, 0.6) is 0 Å². The molecule has 2 aromatic rings. The molecule has 2 nitrogen and oxygen atoms in total. The van der Waals surface area contributed by atoms with E-state index in [4.69, 9.17) is 4.74 Å². The molecular weight excluding hydrogens is 254 g/mol. The number of fused-ring (bicyclic) bond motifs is 1. The van der Waals surface area contributed by atoms with Crippen molar-refractivity contribution in [2.45, 2.75) is 25.8 Å². The van der Waals surface area contributed by atoms with Crippen LogP contribution in [0.15, 0.2) is 29.6 Å². The molecule has 1 aromatic heterocycles. The molecule has 0 radical (unpaired) electrons. The third-order valence-corrected chi connectivity index (χ3v) is 5.18. The average Bonchev–Trinajstić information content (AvgIpc) is 3.10. The van der Waals surface area contributed by atoms with Crippen LogP contribution in [0.1, 0.15) is 24.8 Å². The fraction of sp³-hybridized carbons (Fsp3) is 0.500. The van der Waals surface area contributed by atoms with Gasteiger partial charge in [-0.15, -0.1) is 11.3 Å². The summed E-state index contributed by atoms with van der Waals surface area (Å²) >= 11 is 1.84. The van der Waals surface area contributed by atoms with E-state index in [1.54, 1.807) is 7.11 Å². The second-order valence-corrected chi connectivity index (χ2v) is 6.51. The van der Waals surface area contributed by atoms with Crippen molar-refractivity contribution >= 4 is 21.4 Å². The predicted octanol–water partition coefficient (Wildman–Crippen LogP) is 3.81. The molecule has 1 aromatic carbocycles. The zero-order valence-electron chi connectivity index (χ0n) is 11.4. The summed E-state index contributed by atoms with van der Waals surface area (Å²) in [5.74, 6) is 0. The molecule has 0 amide bonds. The van der Waals surface area contributed by atoms with E-state index in [0.29, 0.717) is 5.41 Å². The van der Waals surface area contributed by atoms with Crippen molar-refractivity contribution in [3.05, 3.63) is 35.2 Å².